The van der Waals surface area contributed by atoms with Gasteiger partial charge >= 0.3 is 0 Å². The fraction of sp³-hybridized carbons (Fsp3) is 0.120. The molecule has 2 nitrogen and oxygen atoms in total. The largest absolute Gasteiger partial charge is 0.508 e. The van der Waals surface area contributed by atoms with Crippen LogP contribution in [0, 0.1) is 0 Å². The van der Waals surface area contributed by atoms with Crippen LogP contribution >= 0.6 is 0 Å². The molecule has 0 aromatic heterocycles. The molecule has 1 unspecified atom stereocenters. The number of hydrogen-bond donors (Lipinski definition) is 2. The number of aliphatic hydroxyl groups is 2. The van der Waals surface area contributed by atoms with Gasteiger partial charge in [-0.05, 0) is 40.8 Å². The van der Waals surface area contributed by atoms with Crippen molar-refractivity contribution in [3.63, 3.8) is 0 Å². The average Bonchev–Trinajstić information content (AvgIpc) is 3.14. The Labute approximate surface area is 158 Å². The summed E-state index contributed by atoms with van der Waals surface area (Å²) < 4.78 is 0. The van der Waals surface area contributed by atoms with Crippen LogP contribution in [-0.2, 0) is 5.41 Å². The Morgan fingerprint density at radius 3 is 1.81 bits per heavy atom. The van der Waals surface area contributed by atoms with E-state index in [1.807, 2.05) is 54.6 Å². The second-order valence-electron chi connectivity index (χ2n) is 7.45. The molecule has 132 valence electrons. The van der Waals surface area contributed by atoms with Crippen molar-refractivity contribution in [3.05, 3.63) is 125 Å². The van der Waals surface area contributed by atoms with Gasteiger partial charge in [0.05, 0.1) is 5.41 Å². The molecule has 0 saturated heterocycles. The predicted molar refractivity (Wildman–Crippen MR) is 107 cm³/mol. The van der Waals surface area contributed by atoms with Crippen molar-refractivity contribution in [2.45, 2.75) is 17.9 Å². The van der Waals surface area contributed by atoms with E-state index >= 15 is 0 Å². The average molecular weight is 352 g/mol. The summed E-state index contributed by atoms with van der Waals surface area (Å²) in [5, 5.41) is 22.1. The van der Waals surface area contributed by atoms with Gasteiger partial charge in [0.15, 0.2) is 0 Å². The smallest absolute Gasteiger partial charge is 0.122 e. The normalized spacial score (nSPS) is 22.4. The fourth-order valence-corrected chi connectivity index (χ4v) is 4.94. The molecule has 0 amide bonds. The minimum Gasteiger partial charge on any atom is -0.508 e. The van der Waals surface area contributed by atoms with Crippen LogP contribution in [0.4, 0.5) is 0 Å². The van der Waals surface area contributed by atoms with Gasteiger partial charge in [0.25, 0.3) is 0 Å². The summed E-state index contributed by atoms with van der Waals surface area (Å²) in [7, 11) is 0. The summed E-state index contributed by atoms with van der Waals surface area (Å²) in [5.41, 5.74) is 3.91. The quantitative estimate of drug-likeness (QED) is 0.682. The zero-order valence-corrected chi connectivity index (χ0v) is 15.1. The van der Waals surface area contributed by atoms with E-state index in [0.29, 0.717) is 0 Å². The number of hydrogen-bond acceptors (Lipinski definition) is 2. The lowest BCUT2D eigenvalue weighted by atomic mass is 9.63. The van der Waals surface area contributed by atoms with Crippen LogP contribution < -0.4 is 0 Å². The first-order chi connectivity index (χ1) is 13.1. The number of aliphatic hydroxyl groups excluding tert-OH is 1. The van der Waals surface area contributed by atoms with E-state index in [1.165, 1.54) is 0 Å². The molecule has 0 aliphatic heterocycles. The van der Waals surface area contributed by atoms with Crippen LogP contribution in [0.3, 0.4) is 0 Å². The summed E-state index contributed by atoms with van der Waals surface area (Å²) in [6.45, 7) is 1.76. The van der Waals surface area contributed by atoms with Crippen molar-refractivity contribution >= 4 is 5.57 Å². The molecule has 0 spiro atoms. The molecule has 0 bridgehead atoms. The van der Waals surface area contributed by atoms with E-state index in [2.05, 4.69) is 30.3 Å². The van der Waals surface area contributed by atoms with E-state index in [1.54, 1.807) is 13.0 Å². The molecule has 0 heterocycles. The zero-order valence-electron chi connectivity index (χ0n) is 15.1. The molecule has 3 aromatic rings. The Balaban J connectivity index is 1.99. The van der Waals surface area contributed by atoms with Crippen molar-refractivity contribution in [1.82, 2.24) is 0 Å². The third-order valence-corrected chi connectivity index (χ3v) is 5.82. The van der Waals surface area contributed by atoms with Gasteiger partial charge in [-0.15, -0.1) is 0 Å². The summed E-state index contributed by atoms with van der Waals surface area (Å²) in [5.74, 6) is 0.149. The van der Waals surface area contributed by atoms with Crippen molar-refractivity contribution in [2.24, 2.45) is 0 Å². The summed E-state index contributed by atoms with van der Waals surface area (Å²) >= 11 is 0. The molecule has 27 heavy (non-hydrogen) atoms. The predicted octanol–water partition coefficient (Wildman–Crippen LogP) is 4.99. The number of allylic oxidation sites excluding steroid dienone is 1. The van der Waals surface area contributed by atoms with Gasteiger partial charge < -0.3 is 10.2 Å². The molecule has 0 saturated carbocycles. The van der Waals surface area contributed by atoms with E-state index < -0.39 is 11.0 Å². The van der Waals surface area contributed by atoms with Crippen LogP contribution in [-0.4, -0.2) is 15.8 Å². The summed E-state index contributed by atoms with van der Waals surface area (Å²) in [6, 6.07) is 28.7. The summed E-state index contributed by atoms with van der Waals surface area (Å²) in [6.07, 6.45) is 1.56. The van der Waals surface area contributed by atoms with Gasteiger partial charge in [0.2, 0.25) is 0 Å². The topological polar surface area (TPSA) is 40.5 Å². The highest BCUT2D eigenvalue weighted by atomic mass is 16.3. The minimum atomic E-state index is -1.25. The van der Waals surface area contributed by atoms with Crippen LogP contribution in [0.25, 0.3) is 5.57 Å². The van der Waals surface area contributed by atoms with E-state index in [-0.39, 0.29) is 5.76 Å². The number of fused-ring (bicyclic) bond motifs is 2. The Kier molecular flexibility index (Phi) is 3.25. The lowest BCUT2D eigenvalue weighted by Gasteiger charge is -2.39. The van der Waals surface area contributed by atoms with Crippen LogP contribution in [0.15, 0.2) is 102 Å². The molecule has 0 fully saturated rings. The van der Waals surface area contributed by atoms with E-state index in [0.717, 1.165) is 33.4 Å². The molecule has 2 aliphatic rings. The molecular formula is C25H20O2. The number of benzene rings is 3. The van der Waals surface area contributed by atoms with Crippen LogP contribution in [0.1, 0.15) is 29.2 Å². The minimum absolute atomic E-state index is 0.149. The van der Waals surface area contributed by atoms with Crippen LogP contribution in [0.5, 0.6) is 0 Å². The van der Waals surface area contributed by atoms with E-state index in [9.17, 15) is 10.2 Å². The van der Waals surface area contributed by atoms with Crippen molar-refractivity contribution < 1.29 is 10.2 Å². The first-order valence-electron chi connectivity index (χ1n) is 9.17. The Bertz CT molecular complexity index is 1050. The summed E-state index contributed by atoms with van der Waals surface area (Å²) in [4.78, 5) is 0. The second kappa shape index (κ2) is 5.45. The first kappa shape index (κ1) is 16.1. The maximum atomic E-state index is 11.4. The van der Waals surface area contributed by atoms with Crippen molar-refractivity contribution in [2.75, 3.05) is 0 Å². The number of rotatable bonds is 2. The maximum Gasteiger partial charge on any atom is 0.122 e. The van der Waals surface area contributed by atoms with Crippen molar-refractivity contribution in [1.29, 1.82) is 0 Å². The fourth-order valence-electron chi connectivity index (χ4n) is 4.94. The Hall–Kier alpha value is -3.10. The van der Waals surface area contributed by atoms with Gasteiger partial charge in [0.1, 0.15) is 11.4 Å². The SMILES string of the molecule is CC1(O)C=C(O)C2=C1C(c1ccccc1)(c1ccccc1)c1ccccc12. The third-order valence-electron chi connectivity index (χ3n) is 5.82. The van der Waals surface area contributed by atoms with Gasteiger partial charge in [-0.3, -0.25) is 0 Å². The molecule has 1 atom stereocenters. The first-order valence-corrected chi connectivity index (χ1v) is 9.17. The van der Waals surface area contributed by atoms with Gasteiger partial charge in [-0.1, -0.05) is 84.9 Å². The standard InChI is InChI=1S/C25H20O2/c1-24(27)16-21(26)22-19-14-8-9-15-20(19)25(23(22)24,17-10-4-2-5-11-17)18-12-6-3-7-13-18/h2-16,26-27H,1H3. The molecule has 2 aliphatic carbocycles. The highest BCUT2D eigenvalue weighted by molar-refractivity contribution is 5.95. The van der Waals surface area contributed by atoms with Gasteiger partial charge in [0, 0.05) is 5.57 Å². The van der Waals surface area contributed by atoms with Gasteiger partial charge in [-0.25, -0.2) is 0 Å². The molecular weight excluding hydrogens is 332 g/mol. The molecule has 5 rings (SSSR count). The Morgan fingerprint density at radius 2 is 1.22 bits per heavy atom. The Morgan fingerprint density at radius 1 is 0.704 bits per heavy atom. The van der Waals surface area contributed by atoms with Gasteiger partial charge in [-0.2, -0.15) is 0 Å². The lowest BCUT2D eigenvalue weighted by Crippen LogP contribution is -2.39. The molecule has 2 N–H and O–H groups in total. The van der Waals surface area contributed by atoms with Crippen molar-refractivity contribution in [3.8, 4) is 0 Å². The monoisotopic (exact) mass is 352 g/mol. The second-order valence-corrected chi connectivity index (χ2v) is 7.45. The highest BCUT2D eigenvalue weighted by Gasteiger charge is 2.56. The van der Waals surface area contributed by atoms with E-state index in [4.69, 9.17) is 0 Å². The molecule has 2 heteroatoms. The zero-order chi connectivity index (χ0) is 18.6. The maximum absolute atomic E-state index is 11.4. The molecule has 3 aromatic carbocycles. The lowest BCUT2D eigenvalue weighted by molar-refractivity contribution is 0.142. The third kappa shape index (κ3) is 1.99. The van der Waals surface area contributed by atoms with Crippen LogP contribution in [0.2, 0.25) is 0 Å². The molecule has 0 radical (unpaired) electrons. The highest BCUT2D eigenvalue weighted by Crippen LogP contribution is 2.61.